The van der Waals surface area contributed by atoms with E-state index in [2.05, 4.69) is 41.1 Å². The third kappa shape index (κ3) is 4.58. The molecule has 0 radical (unpaired) electrons. The van der Waals surface area contributed by atoms with Crippen LogP contribution < -0.4 is 4.90 Å². The van der Waals surface area contributed by atoms with Gasteiger partial charge in [-0.2, -0.15) is 0 Å². The van der Waals surface area contributed by atoms with Crippen molar-refractivity contribution in [3.05, 3.63) is 29.8 Å². The lowest BCUT2D eigenvalue weighted by Crippen LogP contribution is -2.61. The molecule has 4 fully saturated rings. The van der Waals surface area contributed by atoms with Crippen LogP contribution in [-0.4, -0.2) is 41.9 Å². The summed E-state index contributed by atoms with van der Waals surface area (Å²) in [6.45, 7) is 1.71. The van der Waals surface area contributed by atoms with Crippen LogP contribution in [0, 0.1) is 11.8 Å². The van der Waals surface area contributed by atoms with Crippen LogP contribution in [0.15, 0.2) is 24.3 Å². The van der Waals surface area contributed by atoms with Crippen LogP contribution in [0.1, 0.15) is 89.5 Å². The molecular formula is C28H42N2O. The van der Waals surface area contributed by atoms with Crippen LogP contribution in [0.3, 0.4) is 0 Å². The summed E-state index contributed by atoms with van der Waals surface area (Å²) in [5.41, 5.74) is 2.69. The monoisotopic (exact) mass is 422 g/mol. The Morgan fingerprint density at radius 3 is 2.23 bits per heavy atom. The Bertz CT molecular complexity index is 750. The summed E-state index contributed by atoms with van der Waals surface area (Å²) in [5, 5.41) is 0. The van der Waals surface area contributed by atoms with Crippen molar-refractivity contribution in [3.63, 3.8) is 0 Å². The Morgan fingerprint density at radius 2 is 1.55 bits per heavy atom. The predicted molar refractivity (Wildman–Crippen MR) is 129 cm³/mol. The average Bonchev–Trinajstić information content (AvgIpc) is 2.76. The molecule has 0 amide bonds. The van der Waals surface area contributed by atoms with Crippen molar-refractivity contribution in [2.45, 2.75) is 115 Å². The number of ketones is 1. The van der Waals surface area contributed by atoms with E-state index in [0.717, 1.165) is 36.4 Å². The number of benzene rings is 1. The number of Topliss-reactive ketones (excluding diaryl/α,β-unsaturated/α-hetero) is 1. The minimum atomic E-state index is 0.289. The molecule has 0 N–H and O–H groups in total. The molecule has 1 aromatic rings. The molecule has 1 aromatic carbocycles. The largest absolute Gasteiger partial charge is 0.371 e. The van der Waals surface area contributed by atoms with Gasteiger partial charge in [0.1, 0.15) is 5.78 Å². The second kappa shape index (κ2) is 9.25. The number of para-hydroxylation sites is 1. The highest BCUT2D eigenvalue weighted by Gasteiger charge is 2.45. The Labute approximate surface area is 189 Å². The van der Waals surface area contributed by atoms with E-state index in [4.69, 9.17) is 0 Å². The van der Waals surface area contributed by atoms with Gasteiger partial charge >= 0.3 is 0 Å². The first-order valence-corrected chi connectivity index (χ1v) is 13.2. The molecule has 2 saturated heterocycles. The van der Waals surface area contributed by atoms with E-state index >= 15 is 0 Å². The highest BCUT2D eigenvalue weighted by molar-refractivity contribution is 5.76. The second-order valence-electron chi connectivity index (χ2n) is 11.3. The summed E-state index contributed by atoms with van der Waals surface area (Å²) in [7, 11) is 2.31. The average molecular weight is 423 g/mol. The molecule has 2 aliphatic heterocycles. The number of hydrogen-bond acceptors (Lipinski definition) is 3. The first-order valence-electron chi connectivity index (χ1n) is 13.2. The van der Waals surface area contributed by atoms with Gasteiger partial charge in [-0.05, 0) is 81.8 Å². The van der Waals surface area contributed by atoms with Crippen molar-refractivity contribution in [2.75, 3.05) is 11.9 Å². The Hall–Kier alpha value is -1.35. The van der Waals surface area contributed by atoms with Crippen molar-refractivity contribution in [3.8, 4) is 0 Å². The smallest absolute Gasteiger partial charge is 0.130 e. The topological polar surface area (TPSA) is 23.6 Å². The van der Waals surface area contributed by atoms with Gasteiger partial charge in [-0.25, -0.2) is 0 Å². The van der Waals surface area contributed by atoms with Gasteiger partial charge in [-0.3, -0.25) is 4.90 Å². The third-order valence-electron chi connectivity index (χ3n) is 9.20. The minimum absolute atomic E-state index is 0.289. The maximum absolute atomic E-state index is 11.6. The molecule has 2 aliphatic carbocycles. The molecular weight excluding hydrogens is 380 g/mol. The number of carbonyl (C=O) groups is 1. The number of aryl methyl sites for hydroxylation is 1. The zero-order valence-electron chi connectivity index (χ0n) is 19.8. The first kappa shape index (κ1) is 21.5. The number of nitrogens with zero attached hydrogens (tertiary/aromatic N) is 2. The summed E-state index contributed by atoms with van der Waals surface area (Å²) in [6, 6.07) is 11.9. The molecule has 0 aromatic heterocycles. The van der Waals surface area contributed by atoms with E-state index in [1.165, 1.54) is 81.9 Å². The first-order chi connectivity index (χ1) is 15.1. The standard InChI is InChI=1S/C28H42N2O/c1-20(31)13-14-23-9-3-4-12-28(23)29(2)26-18-24-10-6-11-25(19-26)30(24)27-16-21-7-5-8-22(15-21)17-27/h3-4,9,12,21-22,24-27H,5-8,10-11,13-19H2,1-2H3/t21-,22?,24-,25+,26+,27+/m1/s1. The molecule has 1 unspecified atom stereocenters. The van der Waals surface area contributed by atoms with E-state index in [0.29, 0.717) is 12.5 Å². The van der Waals surface area contributed by atoms with Crippen LogP contribution in [0.5, 0.6) is 0 Å². The lowest BCUT2D eigenvalue weighted by molar-refractivity contribution is -0.116. The minimum Gasteiger partial charge on any atom is -0.371 e. The zero-order chi connectivity index (χ0) is 21.4. The lowest BCUT2D eigenvalue weighted by Gasteiger charge is -2.56. The lowest BCUT2D eigenvalue weighted by atomic mass is 9.68. The summed E-state index contributed by atoms with van der Waals surface area (Å²) < 4.78 is 0. The molecule has 2 saturated carbocycles. The molecule has 170 valence electrons. The van der Waals surface area contributed by atoms with Crippen LogP contribution in [0.2, 0.25) is 0 Å². The van der Waals surface area contributed by atoms with Crippen LogP contribution in [0.25, 0.3) is 0 Å². The van der Waals surface area contributed by atoms with Crippen molar-refractivity contribution >= 4 is 11.5 Å². The SMILES string of the molecule is CC(=O)CCc1ccccc1N(C)[C@H]1C[C@H]2CCC[C@@H](C1)N2[C@@H]1CC2CCC[C@H](C2)C1. The summed E-state index contributed by atoms with van der Waals surface area (Å²) in [4.78, 5) is 17.2. The van der Waals surface area contributed by atoms with E-state index in [9.17, 15) is 4.79 Å². The van der Waals surface area contributed by atoms with E-state index in [1.54, 1.807) is 6.92 Å². The van der Waals surface area contributed by atoms with Crippen molar-refractivity contribution in [1.29, 1.82) is 0 Å². The summed E-state index contributed by atoms with van der Waals surface area (Å²) in [6.07, 6.45) is 17.4. The van der Waals surface area contributed by atoms with Gasteiger partial charge in [0.25, 0.3) is 0 Å². The highest BCUT2D eigenvalue weighted by atomic mass is 16.1. The van der Waals surface area contributed by atoms with E-state index in [-0.39, 0.29) is 5.78 Å². The molecule has 3 heteroatoms. The fourth-order valence-corrected chi connectivity index (χ4v) is 7.81. The zero-order valence-corrected chi connectivity index (χ0v) is 19.8. The van der Waals surface area contributed by atoms with Crippen molar-refractivity contribution in [1.82, 2.24) is 4.90 Å². The number of anilines is 1. The molecule has 0 spiro atoms. The van der Waals surface area contributed by atoms with Crippen molar-refractivity contribution < 1.29 is 4.79 Å². The summed E-state index contributed by atoms with van der Waals surface area (Å²) in [5.74, 6) is 2.33. The molecule has 4 aliphatic rings. The Kier molecular flexibility index (Phi) is 6.42. The molecule has 5 rings (SSSR count). The number of hydrogen-bond donors (Lipinski definition) is 0. The summed E-state index contributed by atoms with van der Waals surface area (Å²) >= 11 is 0. The maximum atomic E-state index is 11.6. The number of piperidine rings is 2. The molecule has 2 heterocycles. The maximum Gasteiger partial charge on any atom is 0.130 e. The van der Waals surface area contributed by atoms with Gasteiger partial charge in [0.15, 0.2) is 0 Å². The van der Waals surface area contributed by atoms with E-state index < -0.39 is 0 Å². The van der Waals surface area contributed by atoms with Gasteiger partial charge < -0.3 is 9.69 Å². The van der Waals surface area contributed by atoms with Gasteiger partial charge in [-0.15, -0.1) is 0 Å². The Morgan fingerprint density at radius 1 is 0.903 bits per heavy atom. The van der Waals surface area contributed by atoms with E-state index in [1.807, 2.05) is 0 Å². The number of rotatable bonds is 6. The molecule has 4 bridgehead atoms. The van der Waals surface area contributed by atoms with Crippen LogP contribution >= 0.6 is 0 Å². The fraction of sp³-hybridized carbons (Fsp3) is 0.750. The molecule has 3 nitrogen and oxygen atoms in total. The number of carbonyl (C=O) groups excluding carboxylic acids is 1. The van der Waals surface area contributed by atoms with Gasteiger partial charge in [0, 0.05) is 43.3 Å². The Balaban J connectivity index is 1.30. The normalized spacial score (nSPS) is 35.5. The van der Waals surface area contributed by atoms with Crippen LogP contribution in [-0.2, 0) is 11.2 Å². The van der Waals surface area contributed by atoms with Gasteiger partial charge in [-0.1, -0.05) is 43.9 Å². The van der Waals surface area contributed by atoms with Crippen LogP contribution in [0.4, 0.5) is 5.69 Å². The number of fused-ring (bicyclic) bond motifs is 4. The predicted octanol–water partition coefficient (Wildman–Crippen LogP) is 6.00. The van der Waals surface area contributed by atoms with Gasteiger partial charge in [0.2, 0.25) is 0 Å². The molecule has 31 heavy (non-hydrogen) atoms. The quantitative estimate of drug-likeness (QED) is 0.562. The van der Waals surface area contributed by atoms with Crippen molar-refractivity contribution in [2.24, 2.45) is 11.8 Å². The van der Waals surface area contributed by atoms with Gasteiger partial charge in [0.05, 0.1) is 0 Å². The molecule has 6 atom stereocenters. The fourth-order valence-electron chi connectivity index (χ4n) is 7.81. The third-order valence-corrected chi connectivity index (χ3v) is 9.20. The second-order valence-corrected chi connectivity index (χ2v) is 11.3. The highest BCUT2D eigenvalue weighted by Crippen LogP contribution is 2.46.